The van der Waals surface area contributed by atoms with Crippen LogP contribution >= 0.6 is 0 Å². The molecule has 0 fully saturated rings. The number of ether oxygens (including phenoxy) is 1. The number of nitrogens with two attached hydrogens (primary N) is 2. The molecule has 0 aromatic heterocycles. The molecule has 4 N–H and O–H groups in total. The van der Waals surface area contributed by atoms with E-state index in [-0.39, 0.29) is 0 Å². The van der Waals surface area contributed by atoms with Gasteiger partial charge in [-0.05, 0) is 59.0 Å². The average molecular weight is 318 g/mol. The van der Waals surface area contributed by atoms with E-state index in [0.717, 1.165) is 17.7 Å². The molecule has 3 heteroatoms. The zero-order chi connectivity index (χ0) is 16.9. The van der Waals surface area contributed by atoms with Crippen LogP contribution in [0.4, 0.5) is 11.4 Å². The van der Waals surface area contributed by atoms with Crippen LogP contribution in [0.3, 0.4) is 0 Å². The van der Waals surface area contributed by atoms with Gasteiger partial charge in [-0.15, -0.1) is 0 Å². The third kappa shape index (κ3) is 3.87. The molecule has 0 amide bonds. The summed E-state index contributed by atoms with van der Waals surface area (Å²) in [6.07, 6.45) is 1.06. The molecule has 3 rings (SSSR count). The van der Waals surface area contributed by atoms with Gasteiger partial charge in [-0.2, -0.15) is 0 Å². The quantitative estimate of drug-likeness (QED) is 0.673. The monoisotopic (exact) mass is 318 g/mol. The summed E-state index contributed by atoms with van der Waals surface area (Å²) in [7, 11) is 0. The maximum absolute atomic E-state index is 5.82. The summed E-state index contributed by atoms with van der Waals surface area (Å²) >= 11 is 0. The molecule has 3 nitrogen and oxygen atoms in total. The van der Waals surface area contributed by atoms with Gasteiger partial charge in [0, 0.05) is 11.4 Å². The van der Waals surface area contributed by atoms with Crippen LogP contribution in [0.25, 0.3) is 11.1 Å². The second-order valence-corrected chi connectivity index (χ2v) is 5.87. The van der Waals surface area contributed by atoms with E-state index in [1.165, 1.54) is 16.7 Å². The van der Waals surface area contributed by atoms with Crippen molar-refractivity contribution in [2.24, 2.45) is 0 Å². The summed E-state index contributed by atoms with van der Waals surface area (Å²) in [5.41, 5.74) is 17.6. The van der Waals surface area contributed by atoms with Crippen LogP contribution in [0, 0.1) is 0 Å². The Morgan fingerprint density at radius 2 is 1.25 bits per heavy atom. The van der Waals surface area contributed by atoms with E-state index >= 15 is 0 Å². The summed E-state index contributed by atoms with van der Waals surface area (Å²) in [6, 6.07) is 22.3. The molecule has 0 unspecified atom stereocenters. The fourth-order valence-electron chi connectivity index (χ4n) is 2.67. The molecular formula is C21H22N2O. The fourth-order valence-corrected chi connectivity index (χ4v) is 2.67. The van der Waals surface area contributed by atoms with Crippen molar-refractivity contribution in [2.75, 3.05) is 11.5 Å². The Kier molecular flexibility index (Phi) is 4.71. The molecule has 0 spiro atoms. The molecule has 0 radical (unpaired) electrons. The lowest BCUT2D eigenvalue weighted by Gasteiger charge is -2.09. The summed E-state index contributed by atoms with van der Waals surface area (Å²) in [6.45, 7) is 2.61. The molecule has 0 atom stereocenters. The molecule has 0 saturated carbocycles. The van der Waals surface area contributed by atoms with E-state index in [1.54, 1.807) is 6.07 Å². The van der Waals surface area contributed by atoms with Crippen molar-refractivity contribution in [2.45, 2.75) is 20.0 Å². The van der Waals surface area contributed by atoms with Crippen LogP contribution in [0.5, 0.6) is 5.75 Å². The zero-order valence-electron chi connectivity index (χ0n) is 13.8. The smallest absolute Gasteiger partial charge is 0.119 e. The first-order chi connectivity index (χ1) is 11.6. The van der Waals surface area contributed by atoms with Gasteiger partial charge in [0.2, 0.25) is 0 Å². The van der Waals surface area contributed by atoms with Crippen LogP contribution in [0.1, 0.15) is 18.1 Å². The minimum atomic E-state index is 0.444. The van der Waals surface area contributed by atoms with Gasteiger partial charge in [0.05, 0.1) is 0 Å². The van der Waals surface area contributed by atoms with E-state index in [4.69, 9.17) is 16.2 Å². The third-order valence-electron chi connectivity index (χ3n) is 3.99. The Balaban J connectivity index is 1.67. The van der Waals surface area contributed by atoms with Crippen LogP contribution < -0.4 is 16.2 Å². The average Bonchev–Trinajstić information content (AvgIpc) is 2.60. The van der Waals surface area contributed by atoms with Crippen molar-refractivity contribution >= 4 is 11.4 Å². The number of benzene rings is 3. The van der Waals surface area contributed by atoms with E-state index in [9.17, 15) is 0 Å². The minimum Gasteiger partial charge on any atom is -0.489 e. The van der Waals surface area contributed by atoms with Crippen molar-refractivity contribution in [1.29, 1.82) is 0 Å². The largest absolute Gasteiger partial charge is 0.489 e. The van der Waals surface area contributed by atoms with E-state index in [1.807, 2.05) is 24.3 Å². The summed E-state index contributed by atoms with van der Waals surface area (Å²) in [4.78, 5) is 0. The summed E-state index contributed by atoms with van der Waals surface area (Å²) in [5, 5.41) is 0. The summed E-state index contributed by atoms with van der Waals surface area (Å²) in [5.74, 6) is 0.824. The van der Waals surface area contributed by atoms with Crippen LogP contribution in [-0.2, 0) is 13.0 Å². The van der Waals surface area contributed by atoms with Crippen molar-refractivity contribution in [3.05, 3.63) is 77.9 Å². The van der Waals surface area contributed by atoms with Gasteiger partial charge in [-0.1, -0.05) is 43.3 Å². The highest BCUT2D eigenvalue weighted by Gasteiger charge is 2.01. The van der Waals surface area contributed by atoms with Gasteiger partial charge in [0.1, 0.15) is 12.4 Å². The fraction of sp³-hybridized carbons (Fsp3) is 0.143. The number of aryl methyl sites for hydroxylation is 1. The molecule has 0 saturated heterocycles. The van der Waals surface area contributed by atoms with Crippen molar-refractivity contribution < 1.29 is 4.74 Å². The Labute approximate surface area is 142 Å². The van der Waals surface area contributed by atoms with Crippen molar-refractivity contribution in [1.82, 2.24) is 0 Å². The molecule has 3 aromatic carbocycles. The lowest BCUT2D eigenvalue weighted by atomic mass is 10.0. The van der Waals surface area contributed by atoms with Crippen molar-refractivity contribution in [3.8, 4) is 16.9 Å². The SMILES string of the molecule is CCc1ccc(-c2ccc(OCc3cc(N)cc(N)c3)cc2)cc1. The van der Waals surface area contributed by atoms with Crippen LogP contribution in [0.15, 0.2) is 66.7 Å². The number of hydrogen-bond donors (Lipinski definition) is 2. The van der Waals surface area contributed by atoms with Gasteiger partial charge < -0.3 is 16.2 Å². The molecule has 0 aliphatic heterocycles. The molecule has 0 bridgehead atoms. The molecule has 3 aromatic rings. The number of hydrogen-bond acceptors (Lipinski definition) is 3. The highest BCUT2D eigenvalue weighted by Crippen LogP contribution is 2.24. The highest BCUT2D eigenvalue weighted by atomic mass is 16.5. The van der Waals surface area contributed by atoms with Crippen molar-refractivity contribution in [3.63, 3.8) is 0 Å². The Morgan fingerprint density at radius 3 is 1.79 bits per heavy atom. The zero-order valence-corrected chi connectivity index (χ0v) is 13.8. The van der Waals surface area contributed by atoms with Gasteiger partial charge in [0.25, 0.3) is 0 Å². The van der Waals surface area contributed by atoms with Gasteiger partial charge in [0.15, 0.2) is 0 Å². The third-order valence-corrected chi connectivity index (χ3v) is 3.99. The van der Waals surface area contributed by atoms with E-state index in [2.05, 4.69) is 43.3 Å². The first kappa shape index (κ1) is 15.9. The van der Waals surface area contributed by atoms with Crippen LogP contribution in [0.2, 0.25) is 0 Å². The molecule has 122 valence electrons. The molecule has 24 heavy (non-hydrogen) atoms. The Morgan fingerprint density at radius 1 is 0.708 bits per heavy atom. The number of rotatable bonds is 5. The number of anilines is 2. The standard InChI is InChI=1S/C21H22N2O/c1-2-15-3-5-17(6-4-15)18-7-9-21(10-8-18)24-14-16-11-19(22)13-20(23)12-16/h3-13H,2,14,22-23H2,1H3. The van der Waals surface area contributed by atoms with Gasteiger partial charge >= 0.3 is 0 Å². The second kappa shape index (κ2) is 7.09. The topological polar surface area (TPSA) is 61.3 Å². The predicted octanol–water partition coefficient (Wildman–Crippen LogP) is 4.66. The molecule has 0 aliphatic rings. The van der Waals surface area contributed by atoms with E-state index in [0.29, 0.717) is 18.0 Å². The molecule has 0 aliphatic carbocycles. The lowest BCUT2D eigenvalue weighted by molar-refractivity contribution is 0.306. The predicted molar refractivity (Wildman–Crippen MR) is 101 cm³/mol. The first-order valence-electron chi connectivity index (χ1n) is 8.11. The maximum Gasteiger partial charge on any atom is 0.119 e. The second-order valence-electron chi connectivity index (χ2n) is 5.87. The first-order valence-corrected chi connectivity index (χ1v) is 8.11. The Hall–Kier alpha value is -2.94. The minimum absolute atomic E-state index is 0.444. The molecule has 0 heterocycles. The summed E-state index contributed by atoms with van der Waals surface area (Å²) < 4.78 is 5.82. The maximum atomic E-state index is 5.82. The van der Waals surface area contributed by atoms with Crippen LogP contribution in [-0.4, -0.2) is 0 Å². The molecular weight excluding hydrogens is 296 g/mol. The van der Waals surface area contributed by atoms with E-state index < -0.39 is 0 Å². The number of nitrogen functional groups attached to an aromatic ring is 2. The Bertz CT molecular complexity index is 788. The lowest BCUT2D eigenvalue weighted by Crippen LogP contribution is -1.98. The van der Waals surface area contributed by atoms with Gasteiger partial charge in [-0.25, -0.2) is 0 Å². The highest BCUT2D eigenvalue weighted by molar-refractivity contribution is 5.64. The van der Waals surface area contributed by atoms with Gasteiger partial charge in [-0.3, -0.25) is 0 Å². The normalized spacial score (nSPS) is 10.5.